The van der Waals surface area contributed by atoms with Gasteiger partial charge in [-0.1, -0.05) is 110 Å². The molecule has 0 unspecified atom stereocenters. The largest absolute Gasteiger partial charge is 0.294 e. The molecule has 0 saturated heterocycles. The lowest BCUT2D eigenvalue weighted by atomic mass is 10.0. The average molecular weight is 608 g/mol. The molecule has 0 aliphatic carbocycles. The summed E-state index contributed by atoms with van der Waals surface area (Å²) in [5.74, 6) is 1.82. The molecule has 0 aliphatic rings. The zero-order chi connectivity index (χ0) is 30.8. The summed E-state index contributed by atoms with van der Waals surface area (Å²) in [7, 11) is 0. The first-order valence-electron chi connectivity index (χ1n) is 15.6. The van der Waals surface area contributed by atoms with E-state index in [1.54, 1.807) is 0 Å². The summed E-state index contributed by atoms with van der Waals surface area (Å²) in [5, 5.41) is 6.04. The minimum atomic E-state index is 0.897. The molecule has 0 aliphatic heterocycles. The predicted molar refractivity (Wildman–Crippen MR) is 199 cm³/mol. The predicted octanol–water partition coefficient (Wildman–Crippen LogP) is 11.8. The van der Waals surface area contributed by atoms with Gasteiger partial charge in [0.1, 0.15) is 5.82 Å². The molecule has 0 spiro atoms. The van der Waals surface area contributed by atoms with Crippen molar-refractivity contribution in [3.8, 4) is 22.8 Å². The van der Waals surface area contributed by atoms with Gasteiger partial charge in [0.2, 0.25) is 0 Å². The third kappa shape index (κ3) is 3.87. The van der Waals surface area contributed by atoms with Crippen molar-refractivity contribution in [2.24, 2.45) is 0 Å². The second kappa shape index (κ2) is 10.4. The number of fused-ring (bicyclic) bond motifs is 7. The Kier molecular flexibility index (Phi) is 6.05. The molecule has 0 fully saturated rings. The van der Waals surface area contributed by atoms with E-state index in [-0.39, 0.29) is 0 Å². The highest BCUT2D eigenvalue weighted by Gasteiger charge is 2.22. The summed E-state index contributed by atoms with van der Waals surface area (Å²) in [6, 6.07) is 45.6. The van der Waals surface area contributed by atoms with Crippen molar-refractivity contribution in [3.63, 3.8) is 0 Å². The third-order valence-electron chi connectivity index (χ3n) is 9.03. The number of aromatic nitrogens is 3. The molecule has 5 aromatic carbocycles. The van der Waals surface area contributed by atoms with Crippen LogP contribution in [0.5, 0.6) is 0 Å². The van der Waals surface area contributed by atoms with Gasteiger partial charge in [-0.2, -0.15) is 0 Å². The number of nitrogens with zero attached hydrogens (tertiary/aromatic N) is 3. The quantitative estimate of drug-likeness (QED) is 0.191. The molecular weight excluding hydrogens is 579 g/mol. The SMILES string of the molecule is C=Cc1c(/C=C\C)n(-c2nc(-n3c4ccccc4c4ccccc43)cc3c2sc2ccc(-c4ccccc4)cc23)c2ccccc12. The Morgan fingerprint density at radius 2 is 1.24 bits per heavy atom. The van der Waals surface area contributed by atoms with Gasteiger partial charge in [0, 0.05) is 37.2 Å². The highest BCUT2D eigenvalue weighted by Crippen LogP contribution is 2.43. The third-order valence-corrected chi connectivity index (χ3v) is 10.2. The Hall–Kier alpha value is -5.71. The minimum Gasteiger partial charge on any atom is -0.294 e. The molecule has 218 valence electrons. The van der Waals surface area contributed by atoms with Gasteiger partial charge in [-0.05, 0) is 60.5 Å². The summed E-state index contributed by atoms with van der Waals surface area (Å²) >= 11 is 1.81. The van der Waals surface area contributed by atoms with Crippen LogP contribution in [0.4, 0.5) is 0 Å². The Labute approximate surface area is 270 Å². The highest BCUT2D eigenvalue weighted by molar-refractivity contribution is 7.26. The van der Waals surface area contributed by atoms with Crippen molar-refractivity contribution < 1.29 is 0 Å². The van der Waals surface area contributed by atoms with Crippen molar-refractivity contribution in [2.75, 3.05) is 0 Å². The Morgan fingerprint density at radius 3 is 1.91 bits per heavy atom. The van der Waals surface area contributed by atoms with Crippen molar-refractivity contribution >= 4 is 76.4 Å². The lowest BCUT2D eigenvalue weighted by Crippen LogP contribution is -2.05. The molecule has 0 saturated carbocycles. The maximum absolute atomic E-state index is 5.60. The van der Waals surface area contributed by atoms with Crippen LogP contribution >= 0.6 is 11.3 Å². The van der Waals surface area contributed by atoms with Crippen LogP contribution < -0.4 is 0 Å². The van der Waals surface area contributed by atoms with Gasteiger partial charge in [0.25, 0.3) is 0 Å². The van der Waals surface area contributed by atoms with E-state index in [9.17, 15) is 0 Å². The van der Waals surface area contributed by atoms with Crippen LogP contribution in [0.2, 0.25) is 0 Å². The first kappa shape index (κ1) is 26.7. The second-order valence-electron chi connectivity index (χ2n) is 11.6. The number of hydrogen-bond donors (Lipinski definition) is 0. The lowest BCUT2D eigenvalue weighted by Gasteiger charge is -2.14. The normalized spacial score (nSPS) is 12.0. The fraction of sp³-hybridized carbons (Fsp3) is 0.0238. The van der Waals surface area contributed by atoms with Crippen molar-refractivity contribution in [1.82, 2.24) is 14.1 Å². The van der Waals surface area contributed by atoms with Gasteiger partial charge in [-0.15, -0.1) is 11.3 Å². The molecule has 9 aromatic rings. The Morgan fingerprint density at radius 1 is 0.609 bits per heavy atom. The summed E-state index contributed by atoms with van der Waals surface area (Å²) in [6.45, 7) is 6.29. The van der Waals surface area contributed by atoms with Crippen molar-refractivity contribution in [1.29, 1.82) is 0 Å². The Balaban J connectivity index is 1.46. The minimum absolute atomic E-state index is 0.897. The van der Waals surface area contributed by atoms with Gasteiger partial charge in [-0.25, -0.2) is 4.98 Å². The maximum atomic E-state index is 5.60. The highest BCUT2D eigenvalue weighted by atomic mass is 32.1. The molecule has 46 heavy (non-hydrogen) atoms. The van der Waals surface area contributed by atoms with E-state index >= 15 is 0 Å². The van der Waals surface area contributed by atoms with E-state index in [4.69, 9.17) is 4.98 Å². The molecule has 9 rings (SSSR count). The summed E-state index contributed by atoms with van der Waals surface area (Å²) in [5.41, 5.74) is 8.00. The van der Waals surface area contributed by atoms with Crippen LogP contribution in [-0.4, -0.2) is 14.1 Å². The monoisotopic (exact) mass is 607 g/mol. The average Bonchev–Trinajstić information content (AvgIpc) is 3.75. The number of allylic oxidation sites excluding steroid dienone is 1. The number of para-hydroxylation sites is 3. The van der Waals surface area contributed by atoms with E-state index < -0.39 is 0 Å². The van der Waals surface area contributed by atoms with Gasteiger partial charge < -0.3 is 0 Å². The second-order valence-corrected chi connectivity index (χ2v) is 12.6. The number of rotatable bonds is 5. The first-order valence-corrected chi connectivity index (χ1v) is 16.4. The van der Waals surface area contributed by atoms with Gasteiger partial charge in [-0.3, -0.25) is 9.13 Å². The number of hydrogen-bond acceptors (Lipinski definition) is 2. The van der Waals surface area contributed by atoms with Crippen LogP contribution in [0, 0.1) is 0 Å². The van der Waals surface area contributed by atoms with Crippen molar-refractivity contribution in [3.05, 3.63) is 151 Å². The van der Waals surface area contributed by atoms with E-state index in [1.165, 1.54) is 37.4 Å². The summed E-state index contributed by atoms with van der Waals surface area (Å²) in [6.07, 6.45) is 6.25. The lowest BCUT2D eigenvalue weighted by molar-refractivity contribution is 1.00. The van der Waals surface area contributed by atoms with Gasteiger partial charge in [0.05, 0.1) is 26.9 Å². The fourth-order valence-corrected chi connectivity index (χ4v) is 8.18. The van der Waals surface area contributed by atoms with E-state index in [0.717, 1.165) is 49.5 Å². The molecule has 3 nitrogen and oxygen atoms in total. The maximum Gasteiger partial charge on any atom is 0.158 e. The molecule has 0 N–H and O–H groups in total. The zero-order valence-corrected chi connectivity index (χ0v) is 26.1. The molecule has 0 bridgehead atoms. The topological polar surface area (TPSA) is 22.8 Å². The van der Waals surface area contributed by atoms with E-state index in [1.807, 2.05) is 17.4 Å². The summed E-state index contributed by atoms with van der Waals surface area (Å²) in [4.78, 5) is 5.60. The Bertz CT molecular complexity index is 2610. The van der Waals surface area contributed by atoms with E-state index in [0.29, 0.717) is 0 Å². The van der Waals surface area contributed by atoms with Crippen LogP contribution in [0.25, 0.3) is 87.8 Å². The van der Waals surface area contributed by atoms with Gasteiger partial charge in [0.15, 0.2) is 5.82 Å². The van der Waals surface area contributed by atoms with Crippen molar-refractivity contribution in [2.45, 2.75) is 6.92 Å². The molecule has 0 radical (unpaired) electrons. The smallest absolute Gasteiger partial charge is 0.158 e. The molecule has 4 heteroatoms. The fourth-order valence-electron chi connectivity index (χ4n) is 7.04. The standard InChI is InChI=1S/C42H29N3S/c1-3-14-35-29(4-2)30-17-8-13-22-38(30)45(35)42-41-34(33-25-28(23-24-39(33)46-41)27-15-6-5-7-16-27)26-40(43-42)44-36-20-11-9-18-31(36)32-19-10-12-21-37(32)44/h3-26H,2H2,1H3/b14-3-. The number of benzene rings is 5. The number of thiophene rings is 1. The van der Waals surface area contributed by atoms with Crippen LogP contribution in [0.3, 0.4) is 0 Å². The van der Waals surface area contributed by atoms with E-state index in [2.05, 4.69) is 162 Å². The van der Waals surface area contributed by atoms with Crippen LogP contribution in [-0.2, 0) is 0 Å². The molecule has 4 heterocycles. The molecular formula is C42H29N3S. The molecule has 0 atom stereocenters. The zero-order valence-electron chi connectivity index (χ0n) is 25.3. The summed E-state index contributed by atoms with van der Waals surface area (Å²) < 4.78 is 7.06. The van der Waals surface area contributed by atoms with Crippen LogP contribution in [0.15, 0.2) is 140 Å². The molecule has 4 aromatic heterocycles. The van der Waals surface area contributed by atoms with Crippen LogP contribution in [0.1, 0.15) is 18.2 Å². The molecule has 0 amide bonds. The first-order chi connectivity index (χ1) is 22.7. The van der Waals surface area contributed by atoms with Gasteiger partial charge >= 0.3 is 0 Å². The number of pyridine rings is 1.